The normalized spacial score (nSPS) is 12.7. The Morgan fingerprint density at radius 2 is 2.28 bits per heavy atom. The zero-order valence-corrected chi connectivity index (χ0v) is 10.9. The number of rotatable bonds is 6. The quantitative estimate of drug-likeness (QED) is 0.789. The molecule has 4 heteroatoms. The monoisotopic (exact) mass is 251 g/mol. The summed E-state index contributed by atoms with van der Waals surface area (Å²) in [6.45, 7) is 3.95. The van der Waals surface area contributed by atoms with Gasteiger partial charge in [-0.2, -0.15) is 0 Å². The van der Waals surface area contributed by atoms with Crippen molar-refractivity contribution < 1.29 is 13.9 Å². The summed E-state index contributed by atoms with van der Waals surface area (Å²) in [5, 5.41) is 2.96. The third kappa shape index (κ3) is 4.67. The van der Waals surface area contributed by atoms with Gasteiger partial charge in [0, 0.05) is 6.54 Å². The average Bonchev–Trinajstić information content (AvgIpc) is 2.30. The Kier molecular flexibility index (Phi) is 5.52. The van der Waals surface area contributed by atoms with E-state index in [4.69, 9.17) is 4.74 Å². The van der Waals surface area contributed by atoms with Gasteiger partial charge < -0.3 is 10.1 Å². The summed E-state index contributed by atoms with van der Waals surface area (Å²) < 4.78 is 19.0. The maximum atomic E-state index is 13.5. The highest BCUT2D eigenvalue weighted by molar-refractivity contribution is 5.91. The van der Waals surface area contributed by atoms with Crippen LogP contribution in [0.5, 0.6) is 5.75 Å². The molecule has 1 rings (SSSR count). The minimum absolute atomic E-state index is 0.0506. The summed E-state index contributed by atoms with van der Waals surface area (Å²) in [6, 6.07) is 4.52. The van der Waals surface area contributed by atoms with Crippen LogP contribution in [0.1, 0.15) is 19.4 Å². The van der Waals surface area contributed by atoms with Crippen LogP contribution in [0.2, 0.25) is 0 Å². The summed E-state index contributed by atoms with van der Waals surface area (Å²) in [5.74, 6) is -0.258. The van der Waals surface area contributed by atoms with Crippen molar-refractivity contribution in [3.63, 3.8) is 0 Å². The molecule has 0 saturated carbocycles. The molecule has 0 radical (unpaired) electrons. The predicted octanol–water partition coefficient (Wildman–Crippen LogP) is 2.41. The fourth-order valence-corrected chi connectivity index (χ4v) is 1.47. The van der Waals surface area contributed by atoms with E-state index in [1.54, 1.807) is 18.2 Å². The summed E-state index contributed by atoms with van der Waals surface area (Å²) in [4.78, 5) is 10.8. The van der Waals surface area contributed by atoms with Gasteiger partial charge in [0.25, 0.3) is 0 Å². The fourth-order valence-electron chi connectivity index (χ4n) is 1.47. The molecule has 1 aromatic carbocycles. The molecule has 0 unspecified atom stereocenters. The third-order valence-corrected chi connectivity index (χ3v) is 2.29. The van der Waals surface area contributed by atoms with Crippen molar-refractivity contribution in [3.05, 3.63) is 35.7 Å². The highest BCUT2D eigenvalue weighted by Gasteiger charge is 2.08. The lowest BCUT2D eigenvalue weighted by Crippen LogP contribution is -2.26. The van der Waals surface area contributed by atoms with E-state index < -0.39 is 5.82 Å². The molecule has 1 aromatic rings. The number of carbonyl (C=O) groups is 1. The van der Waals surface area contributed by atoms with E-state index in [1.165, 1.54) is 19.1 Å². The van der Waals surface area contributed by atoms with E-state index in [0.717, 1.165) is 5.56 Å². The van der Waals surface area contributed by atoms with Gasteiger partial charge in [-0.15, -0.1) is 0 Å². The lowest BCUT2D eigenvalue weighted by molar-refractivity contribution is -0.112. The van der Waals surface area contributed by atoms with Gasteiger partial charge in [0.05, 0.1) is 0 Å². The maximum Gasteiger partial charge on any atom is 0.165 e. The molecule has 0 aliphatic rings. The second-order valence-corrected chi connectivity index (χ2v) is 4.12. The minimum atomic E-state index is -0.405. The molecule has 1 atom stereocenters. The SMILES string of the molecule is CNC[C@H](C)Oc1cc(/C=C/C(C)=O)ccc1F. The number of allylic oxidation sites excluding steroid dienone is 1. The molecule has 0 aliphatic carbocycles. The number of hydrogen-bond donors (Lipinski definition) is 1. The van der Waals surface area contributed by atoms with Gasteiger partial charge in [0.1, 0.15) is 6.10 Å². The Balaban J connectivity index is 2.84. The molecular weight excluding hydrogens is 233 g/mol. The predicted molar refractivity (Wildman–Crippen MR) is 70.1 cm³/mol. The van der Waals surface area contributed by atoms with Crippen molar-refractivity contribution in [2.45, 2.75) is 20.0 Å². The standard InChI is InChI=1S/C14H18FNO2/c1-10(17)4-5-12-6-7-13(15)14(8-12)18-11(2)9-16-3/h4-8,11,16H,9H2,1-3H3/b5-4+/t11-/m0/s1. The Morgan fingerprint density at radius 1 is 1.56 bits per heavy atom. The first-order valence-electron chi connectivity index (χ1n) is 5.82. The Hall–Kier alpha value is -1.68. The van der Waals surface area contributed by atoms with E-state index >= 15 is 0 Å². The largest absolute Gasteiger partial charge is 0.486 e. The number of nitrogens with one attached hydrogen (secondary N) is 1. The van der Waals surface area contributed by atoms with Crippen LogP contribution < -0.4 is 10.1 Å². The molecule has 0 fully saturated rings. The van der Waals surface area contributed by atoms with Crippen molar-refractivity contribution in [1.82, 2.24) is 5.32 Å². The smallest absolute Gasteiger partial charge is 0.165 e. The van der Waals surface area contributed by atoms with Gasteiger partial charge in [-0.1, -0.05) is 12.1 Å². The molecular formula is C14H18FNO2. The summed E-state index contributed by atoms with van der Waals surface area (Å²) >= 11 is 0. The van der Waals surface area contributed by atoms with E-state index in [0.29, 0.717) is 6.54 Å². The lowest BCUT2D eigenvalue weighted by Gasteiger charge is -2.15. The minimum Gasteiger partial charge on any atom is -0.486 e. The molecule has 0 spiro atoms. The maximum absolute atomic E-state index is 13.5. The van der Waals surface area contributed by atoms with Crippen molar-refractivity contribution in [1.29, 1.82) is 0 Å². The van der Waals surface area contributed by atoms with Crippen LogP contribution in [-0.2, 0) is 4.79 Å². The van der Waals surface area contributed by atoms with Crippen LogP contribution in [0.25, 0.3) is 6.08 Å². The summed E-state index contributed by atoms with van der Waals surface area (Å²) in [5.41, 5.74) is 0.734. The number of benzene rings is 1. The van der Waals surface area contributed by atoms with Gasteiger partial charge in [-0.05, 0) is 44.7 Å². The first kappa shape index (κ1) is 14.4. The highest BCUT2D eigenvalue weighted by atomic mass is 19.1. The van der Waals surface area contributed by atoms with E-state index in [-0.39, 0.29) is 17.6 Å². The second-order valence-electron chi connectivity index (χ2n) is 4.12. The molecule has 98 valence electrons. The Labute approximate surface area is 107 Å². The van der Waals surface area contributed by atoms with Gasteiger partial charge in [0.2, 0.25) is 0 Å². The van der Waals surface area contributed by atoms with Crippen molar-refractivity contribution >= 4 is 11.9 Å². The first-order chi connectivity index (χ1) is 8.52. The van der Waals surface area contributed by atoms with Crippen LogP contribution in [0.4, 0.5) is 4.39 Å². The summed E-state index contributed by atoms with van der Waals surface area (Å²) in [6.07, 6.45) is 2.95. The number of hydrogen-bond acceptors (Lipinski definition) is 3. The van der Waals surface area contributed by atoms with Gasteiger partial charge >= 0.3 is 0 Å². The van der Waals surface area contributed by atoms with Crippen LogP contribution in [0.15, 0.2) is 24.3 Å². The van der Waals surface area contributed by atoms with Crippen LogP contribution in [0.3, 0.4) is 0 Å². The summed E-state index contributed by atoms with van der Waals surface area (Å²) in [7, 11) is 1.81. The molecule has 3 nitrogen and oxygen atoms in total. The number of halogens is 1. The molecule has 0 aliphatic heterocycles. The van der Waals surface area contributed by atoms with Crippen LogP contribution >= 0.6 is 0 Å². The van der Waals surface area contributed by atoms with E-state index in [2.05, 4.69) is 5.32 Å². The highest BCUT2D eigenvalue weighted by Crippen LogP contribution is 2.20. The number of ether oxygens (including phenoxy) is 1. The molecule has 0 heterocycles. The van der Waals surface area contributed by atoms with Crippen molar-refractivity contribution in [2.24, 2.45) is 0 Å². The molecule has 0 aromatic heterocycles. The first-order valence-corrected chi connectivity index (χ1v) is 5.82. The number of ketones is 1. The van der Waals surface area contributed by atoms with Gasteiger partial charge in [-0.25, -0.2) is 4.39 Å². The zero-order chi connectivity index (χ0) is 13.5. The molecule has 18 heavy (non-hydrogen) atoms. The number of likely N-dealkylation sites (N-methyl/N-ethyl adjacent to an activating group) is 1. The van der Waals surface area contributed by atoms with Gasteiger partial charge in [-0.3, -0.25) is 4.79 Å². The van der Waals surface area contributed by atoms with Crippen molar-refractivity contribution in [2.75, 3.05) is 13.6 Å². The lowest BCUT2D eigenvalue weighted by atomic mass is 10.2. The average molecular weight is 251 g/mol. The molecule has 1 N–H and O–H groups in total. The van der Waals surface area contributed by atoms with E-state index in [1.807, 2.05) is 14.0 Å². The zero-order valence-electron chi connectivity index (χ0n) is 10.9. The van der Waals surface area contributed by atoms with Crippen molar-refractivity contribution in [3.8, 4) is 5.75 Å². The van der Waals surface area contributed by atoms with E-state index in [9.17, 15) is 9.18 Å². The van der Waals surface area contributed by atoms with Crippen LogP contribution in [-0.4, -0.2) is 25.5 Å². The second kappa shape index (κ2) is 6.91. The Morgan fingerprint density at radius 3 is 2.89 bits per heavy atom. The molecule has 0 amide bonds. The topological polar surface area (TPSA) is 38.3 Å². The van der Waals surface area contributed by atoms with Gasteiger partial charge in [0.15, 0.2) is 17.3 Å². The third-order valence-electron chi connectivity index (χ3n) is 2.29. The molecule has 0 saturated heterocycles. The fraction of sp³-hybridized carbons (Fsp3) is 0.357. The number of carbonyl (C=O) groups excluding carboxylic acids is 1. The molecule has 0 bridgehead atoms. The van der Waals surface area contributed by atoms with Crippen LogP contribution in [0, 0.1) is 5.82 Å². The Bertz CT molecular complexity index is 443.